The predicted octanol–water partition coefficient (Wildman–Crippen LogP) is 3.29. The Morgan fingerprint density at radius 3 is 2.25 bits per heavy atom. The van der Waals surface area contributed by atoms with Gasteiger partial charge in [0.1, 0.15) is 5.69 Å². The van der Waals surface area contributed by atoms with Crippen LogP contribution in [0.2, 0.25) is 0 Å². The lowest BCUT2D eigenvalue weighted by atomic mass is 10.0. The summed E-state index contributed by atoms with van der Waals surface area (Å²) >= 11 is 0. The Bertz CT molecular complexity index is 749. The molecule has 0 aliphatic rings. The smallest absolute Gasteiger partial charge is 0.313 e. The zero-order chi connectivity index (χ0) is 13.8. The summed E-state index contributed by atoms with van der Waals surface area (Å²) in [7, 11) is 0. The van der Waals surface area contributed by atoms with Gasteiger partial charge in [-0.3, -0.25) is 0 Å². The highest BCUT2D eigenvalue weighted by Crippen LogP contribution is 2.17. The largest absolute Gasteiger partial charge is 0.362 e. The summed E-state index contributed by atoms with van der Waals surface area (Å²) in [6.45, 7) is 0. The number of hydrogen-bond donors (Lipinski definition) is 0. The van der Waals surface area contributed by atoms with Crippen LogP contribution in [-0.4, -0.2) is 5.16 Å². The molecule has 0 unspecified atom stereocenters. The van der Waals surface area contributed by atoms with Gasteiger partial charge in [-0.1, -0.05) is 65.8 Å². The third-order valence-corrected chi connectivity index (χ3v) is 3.11. The van der Waals surface area contributed by atoms with Gasteiger partial charge in [0, 0.05) is 17.5 Å². The van der Waals surface area contributed by atoms with Gasteiger partial charge in [0.2, 0.25) is 0 Å². The lowest BCUT2D eigenvalue weighted by Gasteiger charge is -2.03. The normalized spacial score (nSPS) is 10.4. The summed E-state index contributed by atoms with van der Waals surface area (Å²) < 4.78 is 4.91. The van der Waals surface area contributed by atoms with Crippen molar-refractivity contribution in [2.24, 2.45) is 0 Å². The van der Waals surface area contributed by atoms with Crippen LogP contribution in [-0.2, 0) is 6.42 Å². The van der Waals surface area contributed by atoms with Crippen molar-refractivity contribution in [1.82, 2.24) is 5.16 Å². The molecule has 0 saturated heterocycles. The molecule has 0 N–H and O–H groups in total. The topological polar surface area (TPSA) is 43.1 Å². The molecule has 1 heterocycles. The fourth-order valence-electron chi connectivity index (χ4n) is 2.08. The van der Waals surface area contributed by atoms with Crippen molar-refractivity contribution in [1.29, 1.82) is 0 Å². The molecule has 3 heteroatoms. The molecule has 1 aromatic heterocycles. The van der Waals surface area contributed by atoms with Crippen molar-refractivity contribution < 1.29 is 4.52 Å². The standard InChI is InChI=1S/C17H13NO2/c19-17-15(11-13-7-3-1-4-8-13)12-16(18-20-17)14-9-5-2-6-10-14/h1-10,12H,11H2. The van der Waals surface area contributed by atoms with Crippen LogP contribution < -0.4 is 5.63 Å². The molecule has 0 atom stereocenters. The summed E-state index contributed by atoms with van der Waals surface area (Å²) in [5.74, 6) is 0. The molecule has 0 amide bonds. The first-order chi connectivity index (χ1) is 9.83. The third kappa shape index (κ3) is 2.67. The molecule has 0 aliphatic carbocycles. The minimum Gasteiger partial charge on any atom is -0.313 e. The average molecular weight is 263 g/mol. The Hall–Kier alpha value is -2.68. The predicted molar refractivity (Wildman–Crippen MR) is 77.5 cm³/mol. The molecule has 2 aromatic carbocycles. The Kier molecular flexibility index (Phi) is 3.42. The molecule has 98 valence electrons. The van der Waals surface area contributed by atoms with E-state index in [1.54, 1.807) is 6.07 Å². The van der Waals surface area contributed by atoms with Crippen LogP contribution in [0.5, 0.6) is 0 Å². The zero-order valence-corrected chi connectivity index (χ0v) is 10.8. The van der Waals surface area contributed by atoms with Gasteiger partial charge in [0.15, 0.2) is 0 Å². The van der Waals surface area contributed by atoms with Crippen molar-refractivity contribution in [2.75, 3.05) is 0 Å². The highest BCUT2D eigenvalue weighted by Gasteiger charge is 2.07. The molecule has 0 fully saturated rings. The highest BCUT2D eigenvalue weighted by molar-refractivity contribution is 5.58. The summed E-state index contributed by atoms with van der Waals surface area (Å²) in [4.78, 5) is 11.8. The molecular formula is C17H13NO2. The van der Waals surface area contributed by atoms with Crippen LogP contribution in [0.3, 0.4) is 0 Å². The third-order valence-electron chi connectivity index (χ3n) is 3.11. The Morgan fingerprint density at radius 2 is 1.55 bits per heavy atom. The monoisotopic (exact) mass is 263 g/mol. The van der Waals surface area contributed by atoms with Crippen LogP contribution in [0.1, 0.15) is 11.1 Å². The van der Waals surface area contributed by atoms with Crippen LogP contribution in [0.15, 0.2) is 76.0 Å². The molecular weight excluding hydrogens is 250 g/mol. The second-order valence-electron chi connectivity index (χ2n) is 4.55. The molecule has 0 aliphatic heterocycles. The van der Waals surface area contributed by atoms with E-state index in [0.29, 0.717) is 17.7 Å². The van der Waals surface area contributed by atoms with Gasteiger partial charge in [-0.05, 0) is 11.6 Å². The Morgan fingerprint density at radius 1 is 0.900 bits per heavy atom. The first-order valence-electron chi connectivity index (χ1n) is 6.42. The van der Waals surface area contributed by atoms with Gasteiger partial charge < -0.3 is 4.52 Å². The maximum atomic E-state index is 11.8. The fraction of sp³-hybridized carbons (Fsp3) is 0.0588. The van der Waals surface area contributed by atoms with Crippen molar-refractivity contribution >= 4 is 0 Å². The van der Waals surface area contributed by atoms with Crippen molar-refractivity contribution in [3.63, 3.8) is 0 Å². The van der Waals surface area contributed by atoms with Gasteiger partial charge in [-0.15, -0.1) is 0 Å². The van der Waals surface area contributed by atoms with E-state index in [1.807, 2.05) is 60.7 Å². The van der Waals surface area contributed by atoms with E-state index >= 15 is 0 Å². The minimum atomic E-state index is -0.381. The highest BCUT2D eigenvalue weighted by atomic mass is 16.5. The number of hydrogen-bond acceptors (Lipinski definition) is 3. The van der Waals surface area contributed by atoms with Crippen molar-refractivity contribution in [3.05, 3.63) is 88.3 Å². The number of aromatic nitrogens is 1. The molecule has 3 nitrogen and oxygen atoms in total. The van der Waals surface area contributed by atoms with Crippen LogP contribution in [0.25, 0.3) is 11.3 Å². The van der Waals surface area contributed by atoms with Gasteiger partial charge >= 0.3 is 5.63 Å². The van der Waals surface area contributed by atoms with E-state index < -0.39 is 0 Å². The molecule has 0 bridgehead atoms. The van der Waals surface area contributed by atoms with Gasteiger partial charge in [-0.25, -0.2) is 4.79 Å². The van der Waals surface area contributed by atoms with Gasteiger partial charge in [0.25, 0.3) is 0 Å². The van der Waals surface area contributed by atoms with Gasteiger partial charge in [0.05, 0.1) is 0 Å². The Balaban J connectivity index is 1.98. The van der Waals surface area contributed by atoms with E-state index in [9.17, 15) is 4.79 Å². The minimum absolute atomic E-state index is 0.381. The molecule has 20 heavy (non-hydrogen) atoms. The van der Waals surface area contributed by atoms with Crippen LogP contribution in [0, 0.1) is 0 Å². The van der Waals surface area contributed by atoms with E-state index in [4.69, 9.17) is 4.52 Å². The zero-order valence-electron chi connectivity index (χ0n) is 10.8. The van der Waals surface area contributed by atoms with Crippen LogP contribution in [0.4, 0.5) is 0 Å². The molecule has 0 spiro atoms. The summed E-state index contributed by atoms with van der Waals surface area (Å²) in [5, 5.41) is 3.86. The van der Waals surface area contributed by atoms with E-state index in [1.165, 1.54) is 0 Å². The second kappa shape index (κ2) is 5.53. The first kappa shape index (κ1) is 12.4. The van der Waals surface area contributed by atoms with Gasteiger partial charge in [-0.2, -0.15) is 0 Å². The average Bonchev–Trinajstić information content (AvgIpc) is 2.51. The number of nitrogens with zero attached hydrogens (tertiary/aromatic N) is 1. The summed E-state index contributed by atoms with van der Waals surface area (Å²) in [5.41, 5.74) is 2.92. The first-order valence-corrected chi connectivity index (χ1v) is 6.42. The maximum Gasteiger partial charge on any atom is 0.362 e. The lowest BCUT2D eigenvalue weighted by Crippen LogP contribution is -2.09. The Labute approximate surface area is 116 Å². The number of rotatable bonds is 3. The lowest BCUT2D eigenvalue weighted by molar-refractivity contribution is 0.369. The maximum absolute atomic E-state index is 11.8. The van der Waals surface area contributed by atoms with E-state index in [2.05, 4.69) is 5.16 Å². The molecule has 0 saturated carbocycles. The number of benzene rings is 2. The SMILES string of the molecule is O=c1onc(-c2ccccc2)cc1Cc1ccccc1. The van der Waals surface area contributed by atoms with Crippen molar-refractivity contribution in [3.8, 4) is 11.3 Å². The van der Waals surface area contributed by atoms with E-state index in [0.717, 1.165) is 11.1 Å². The fourth-order valence-corrected chi connectivity index (χ4v) is 2.08. The van der Waals surface area contributed by atoms with E-state index in [-0.39, 0.29) is 5.63 Å². The summed E-state index contributed by atoms with van der Waals surface area (Å²) in [6.07, 6.45) is 0.547. The molecule has 3 aromatic rings. The second-order valence-corrected chi connectivity index (χ2v) is 4.55. The summed E-state index contributed by atoms with van der Waals surface area (Å²) in [6, 6.07) is 21.3. The van der Waals surface area contributed by atoms with Crippen LogP contribution >= 0.6 is 0 Å². The molecule has 3 rings (SSSR count). The quantitative estimate of drug-likeness (QED) is 0.728. The van der Waals surface area contributed by atoms with Crippen molar-refractivity contribution in [2.45, 2.75) is 6.42 Å². The molecule has 0 radical (unpaired) electrons.